The molecule has 1 saturated heterocycles. The van der Waals surface area contributed by atoms with Gasteiger partial charge < -0.3 is 20.1 Å². The largest absolute Gasteiger partial charge is 0.487 e. The first-order chi connectivity index (χ1) is 20.4. The van der Waals surface area contributed by atoms with Gasteiger partial charge >= 0.3 is 12.0 Å². The molecular formula is C30H30ClN5O6S. The Labute approximate surface area is 257 Å². The number of benzene rings is 2. The number of ketones is 1. The van der Waals surface area contributed by atoms with Crippen LogP contribution in [-0.4, -0.2) is 74.0 Å². The van der Waals surface area contributed by atoms with Crippen molar-refractivity contribution in [3.05, 3.63) is 81.3 Å². The number of rotatable bonds is 7. The van der Waals surface area contributed by atoms with Crippen molar-refractivity contribution in [1.29, 1.82) is 0 Å². The monoisotopic (exact) mass is 623 g/mol. The van der Waals surface area contributed by atoms with E-state index in [1.807, 2.05) is 44.4 Å². The van der Waals surface area contributed by atoms with Gasteiger partial charge in [0.1, 0.15) is 36.2 Å². The molecule has 2 unspecified atom stereocenters. The minimum atomic E-state index is -1.24. The summed E-state index contributed by atoms with van der Waals surface area (Å²) in [5, 5.41) is 14.3. The zero-order valence-corrected chi connectivity index (χ0v) is 25.3. The minimum Gasteiger partial charge on any atom is -0.487 e. The Bertz CT molecular complexity index is 1590. The molecule has 43 heavy (non-hydrogen) atoms. The lowest BCUT2D eigenvalue weighted by Gasteiger charge is -2.35. The third kappa shape index (κ3) is 6.70. The highest BCUT2D eigenvalue weighted by Crippen LogP contribution is 2.45. The van der Waals surface area contributed by atoms with Gasteiger partial charge in [0.25, 0.3) is 0 Å². The minimum absolute atomic E-state index is 0.120. The fourth-order valence-corrected chi connectivity index (χ4v) is 5.71. The van der Waals surface area contributed by atoms with Crippen molar-refractivity contribution in [1.82, 2.24) is 19.5 Å². The van der Waals surface area contributed by atoms with E-state index in [0.29, 0.717) is 29.4 Å². The van der Waals surface area contributed by atoms with Gasteiger partial charge in [-0.15, -0.1) is 0 Å². The van der Waals surface area contributed by atoms with Crippen LogP contribution in [0.4, 0.5) is 4.79 Å². The summed E-state index contributed by atoms with van der Waals surface area (Å²) in [6.07, 6.45) is -0.679. The van der Waals surface area contributed by atoms with Crippen molar-refractivity contribution < 1.29 is 29.0 Å². The van der Waals surface area contributed by atoms with Crippen LogP contribution in [0.15, 0.2) is 58.9 Å². The van der Waals surface area contributed by atoms with E-state index < -0.39 is 41.9 Å². The van der Waals surface area contributed by atoms with E-state index >= 15 is 0 Å². The molecule has 1 fully saturated rings. The summed E-state index contributed by atoms with van der Waals surface area (Å²) >= 11 is 7.48. The van der Waals surface area contributed by atoms with Crippen molar-refractivity contribution in [2.45, 2.75) is 44.9 Å². The molecule has 0 radical (unpaired) electrons. The van der Waals surface area contributed by atoms with E-state index in [-0.39, 0.29) is 29.6 Å². The molecule has 11 nitrogen and oxygen atoms in total. The van der Waals surface area contributed by atoms with Gasteiger partial charge in [-0.2, -0.15) is 4.37 Å². The highest BCUT2D eigenvalue weighted by Gasteiger charge is 2.46. The van der Waals surface area contributed by atoms with Gasteiger partial charge in [0.2, 0.25) is 5.91 Å². The SMILES string of the molecule is CC(C)(C)Oc1cc(C(=O)CC(=O)O)ccc1C1=NC(c2ccsn2)C(c2ccc(Cl)cc2)N1C(=O)N1CCNC(=O)C1. The smallest absolute Gasteiger partial charge is 0.326 e. The standard InChI is InChI=1S/C30H30ClN5O6S/c1-30(2,3)42-23-14-18(22(37)15-25(39)40)6-9-20(23)28-33-26(21-10-13-43-34-21)27(17-4-7-19(31)8-5-17)36(28)29(41)35-12-11-32-24(38)16-35/h4-10,13-14,26-27H,11-12,15-16H2,1-3H3,(H,32,38)(H,39,40). The topological polar surface area (TPSA) is 142 Å². The van der Waals surface area contributed by atoms with Crippen LogP contribution in [0.25, 0.3) is 0 Å². The number of aromatic nitrogens is 1. The van der Waals surface area contributed by atoms with Crippen molar-refractivity contribution >= 4 is 52.7 Å². The van der Waals surface area contributed by atoms with Gasteiger partial charge in [-0.1, -0.05) is 29.8 Å². The number of carboxylic acid groups (broad SMARTS) is 1. The Morgan fingerprint density at radius 1 is 1.14 bits per heavy atom. The number of amides is 3. The lowest BCUT2D eigenvalue weighted by molar-refractivity contribution is -0.136. The molecule has 3 aromatic rings. The summed E-state index contributed by atoms with van der Waals surface area (Å²) in [4.78, 5) is 58.7. The van der Waals surface area contributed by atoms with Gasteiger partial charge in [-0.3, -0.25) is 24.3 Å². The molecule has 2 aliphatic heterocycles. The number of nitrogens with one attached hydrogen (secondary N) is 1. The molecule has 0 aliphatic carbocycles. The first-order valence-corrected chi connectivity index (χ1v) is 14.8. The Balaban J connectivity index is 1.69. The van der Waals surface area contributed by atoms with Gasteiger partial charge in [0.15, 0.2) is 5.78 Å². The number of carboxylic acids is 1. The predicted octanol–water partition coefficient (Wildman–Crippen LogP) is 4.73. The fraction of sp³-hybridized carbons (Fsp3) is 0.333. The lowest BCUT2D eigenvalue weighted by atomic mass is 9.97. The number of hydrogen-bond donors (Lipinski definition) is 2. The Morgan fingerprint density at radius 3 is 2.51 bits per heavy atom. The van der Waals surface area contributed by atoms with Crippen LogP contribution >= 0.6 is 23.1 Å². The molecule has 2 aliphatic rings. The summed E-state index contributed by atoms with van der Waals surface area (Å²) in [6, 6.07) is 11.9. The van der Waals surface area contributed by atoms with Crippen molar-refractivity contribution in [3.8, 4) is 5.75 Å². The van der Waals surface area contributed by atoms with Crippen LogP contribution in [0.5, 0.6) is 5.75 Å². The van der Waals surface area contributed by atoms with E-state index in [2.05, 4.69) is 9.69 Å². The second-order valence-electron chi connectivity index (χ2n) is 11.2. The zero-order chi connectivity index (χ0) is 30.9. The molecule has 3 heterocycles. The molecule has 3 amide bonds. The second-order valence-corrected chi connectivity index (χ2v) is 12.3. The second kappa shape index (κ2) is 12.1. The van der Waals surface area contributed by atoms with Gasteiger partial charge in [0, 0.05) is 29.1 Å². The van der Waals surface area contributed by atoms with E-state index in [1.165, 1.54) is 28.6 Å². The number of Topliss-reactive ketones (excluding diaryl/α,β-unsaturated/α-hetero) is 1. The van der Waals surface area contributed by atoms with E-state index in [4.69, 9.17) is 21.3 Å². The number of aliphatic carboxylic acids is 1. The molecule has 13 heteroatoms. The zero-order valence-electron chi connectivity index (χ0n) is 23.7. The summed E-state index contributed by atoms with van der Waals surface area (Å²) in [5.41, 5.74) is 1.27. The van der Waals surface area contributed by atoms with E-state index in [0.717, 1.165) is 5.56 Å². The summed E-state index contributed by atoms with van der Waals surface area (Å²) in [6.45, 7) is 6.00. The van der Waals surface area contributed by atoms with Crippen LogP contribution in [-0.2, 0) is 9.59 Å². The maximum atomic E-state index is 14.4. The first-order valence-electron chi connectivity index (χ1n) is 13.6. The van der Waals surface area contributed by atoms with Crippen LogP contribution in [0.3, 0.4) is 0 Å². The Morgan fingerprint density at radius 2 is 1.88 bits per heavy atom. The summed E-state index contributed by atoms with van der Waals surface area (Å²) < 4.78 is 10.8. The lowest BCUT2D eigenvalue weighted by Crippen LogP contribution is -2.55. The highest BCUT2D eigenvalue weighted by atomic mass is 35.5. The van der Waals surface area contributed by atoms with Crippen LogP contribution < -0.4 is 10.1 Å². The van der Waals surface area contributed by atoms with Crippen molar-refractivity contribution in [2.24, 2.45) is 4.99 Å². The third-order valence-electron chi connectivity index (χ3n) is 6.83. The third-order valence-corrected chi connectivity index (χ3v) is 7.65. The molecular weight excluding hydrogens is 594 g/mol. The maximum absolute atomic E-state index is 14.4. The predicted molar refractivity (Wildman–Crippen MR) is 161 cm³/mol. The number of carbonyl (C=O) groups is 4. The molecule has 0 bridgehead atoms. The molecule has 224 valence electrons. The number of carbonyl (C=O) groups excluding carboxylic acids is 3. The molecule has 0 saturated carbocycles. The van der Waals surface area contributed by atoms with E-state index in [9.17, 15) is 24.3 Å². The molecule has 0 spiro atoms. The maximum Gasteiger partial charge on any atom is 0.326 e. The van der Waals surface area contributed by atoms with Gasteiger partial charge in [0.05, 0.1) is 17.3 Å². The number of piperazine rings is 1. The summed E-state index contributed by atoms with van der Waals surface area (Å²) in [5.74, 6) is -1.57. The number of urea groups is 1. The number of nitrogens with zero attached hydrogens (tertiary/aromatic N) is 4. The number of aliphatic imine (C=N–C) groups is 1. The normalized spacial score (nSPS) is 18.7. The molecule has 1 aromatic heterocycles. The van der Waals surface area contributed by atoms with Crippen LogP contribution in [0.1, 0.15) is 66.5 Å². The number of ether oxygens (including phenoxy) is 1. The highest BCUT2D eigenvalue weighted by molar-refractivity contribution is 7.03. The van der Waals surface area contributed by atoms with Gasteiger partial charge in [-0.05, 0) is 68.2 Å². The Hall–Kier alpha value is -4.29. The molecule has 2 N–H and O–H groups in total. The van der Waals surface area contributed by atoms with Crippen LogP contribution in [0.2, 0.25) is 5.02 Å². The molecule has 5 rings (SSSR count). The Kier molecular flexibility index (Phi) is 8.52. The number of amidine groups is 1. The van der Waals surface area contributed by atoms with Crippen molar-refractivity contribution in [2.75, 3.05) is 19.6 Å². The average molecular weight is 624 g/mol. The summed E-state index contributed by atoms with van der Waals surface area (Å²) in [7, 11) is 0. The van der Waals surface area contributed by atoms with E-state index in [1.54, 1.807) is 23.1 Å². The molecule has 2 aromatic carbocycles. The number of halogens is 1. The quantitative estimate of drug-likeness (QED) is 0.286. The first kappa shape index (κ1) is 30.2. The molecule has 2 atom stereocenters. The van der Waals surface area contributed by atoms with Gasteiger partial charge in [-0.25, -0.2) is 4.79 Å². The number of hydrogen-bond acceptors (Lipinski definition) is 8. The van der Waals surface area contributed by atoms with Crippen molar-refractivity contribution in [3.63, 3.8) is 0 Å². The average Bonchev–Trinajstić information content (AvgIpc) is 3.60. The van der Waals surface area contributed by atoms with Crippen LogP contribution in [0, 0.1) is 0 Å². The fourth-order valence-electron chi connectivity index (χ4n) is 5.03.